The van der Waals surface area contributed by atoms with Crippen LogP contribution in [0.4, 0.5) is 11.8 Å². The number of hydrogen-bond donors (Lipinski definition) is 6. The molecular weight excluding hydrogens is 666 g/mol. The van der Waals surface area contributed by atoms with Crippen molar-refractivity contribution in [2.24, 2.45) is 11.8 Å². The van der Waals surface area contributed by atoms with Crippen LogP contribution in [0.25, 0.3) is 22.3 Å². The molecule has 7 rings (SSSR count). The van der Waals surface area contributed by atoms with Gasteiger partial charge in [0.2, 0.25) is 5.95 Å². The third kappa shape index (κ3) is 5.86. The first-order valence-electron chi connectivity index (χ1n) is 14.6. The van der Waals surface area contributed by atoms with Gasteiger partial charge in [-0.2, -0.15) is 4.98 Å². The Balaban J connectivity index is 1.23. The standard InChI is InChI=1S/C24H32N10O11P2/c1-2-3-10-12-4-41-46(37,38)6-11-13(43-22(16(11)35)33-8-29-14-18(25)27-7-28-19(14)33)5-42-47(39,40)45-17(10)23(44-12)34-9-30-15-20(34)31-24(26)32-21(15)36/h7-13,16-17,22-23,35H,2-6H2,1H3,(H,37,38)(H,39,40)(H2,25,27,28)(H3,26,31,32,36). The van der Waals surface area contributed by atoms with Crippen molar-refractivity contribution >= 4 is 49.5 Å². The Bertz CT molecular complexity index is 1970. The van der Waals surface area contributed by atoms with Crippen LogP contribution in [-0.2, 0) is 32.2 Å². The van der Waals surface area contributed by atoms with Gasteiger partial charge in [-0.1, -0.05) is 13.3 Å². The maximum absolute atomic E-state index is 13.5. The van der Waals surface area contributed by atoms with Crippen molar-refractivity contribution in [1.29, 1.82) is 0 Å². The van der Waals surface area contributed by atoms with Crippen LogP contribution in [0, 0.1) is 11.8 Å². The third-order valence-corrected chi connectivity index (χ3v) is 11.0. The molecule has 3 aliphatic heterocycles. The maximum Gasteiger partial charge on any atom is 0.472 e. The predicted molar refractivity (Wildman–Crippen MR) is 159 cm³/mol. The van der Waals surface area contributed by atoms with Crippen LogP contribution in [0.3, 0.4) is 0 Å². The van der Waals surface area contributed by atoms with Crippen LogP contribution < -0.4 is 17.0 Å². The smallest absolute Gasteiger partial charge is 0.388 e. The van der Waals surface area contributed by atoms with Gasteiger partial charge in [0, 0.05) is 11.8 Å². The minimum atomic E-state index is -4.92. The number of aliphatic hydroxyl groups excluding tert-OH is 1. The first kappa shape index (κ1) is 32.2. The first-order chi connectivity index (χ1) is 22.4. The molecule has 254 valence electrons. The number of rotatable bonds is 4. The molecule has 21 nitrogen and oxygen atoms in total. The molecule has 47 heavy (non-hydrogen) atoms. The number of nitrogens with zero attached hydrogens (tertiary/aromatic N) is 7. The number of phosphoric acid groups is 1. The van der Waals surface area contributed by atoms with Gasteiger partial charge in [-0.05, 0) is 6.42 Å². The topological polar surface area (TPSA) is 300 Å². The number of nitrogen functional groups attached to an aromatic ring is 2. The second-order valence-corrected chi connectivity index (χ2v) is 14.8. The summed E-state index contributed by atoms with van der Waals surface area (Å²) >= 11 is 0. The molecule has 3 saturated heterocycles. The van der Waals surface area contributed by atoms with Gasteiger partial charge in [-0.15, -0.1) is 0 Å². The summed E-state index contributed by atoms with van der Waals surface area (Å²) in [5, 5.41) is 11.4. The van der Waals surface area contributed by atoms with Crippen molar-refractivity contribution in [2.75, 3.05) is 30.8 Å². The number of anilines is 2. The molecule has 7 heterocycles. The summed E-state index contributed by atoms with van der Waals surface area (Å²) in [7, 11) is -9.39. The van der Waals surface area contributed by atoms with Gasteiger partial charge in [-0.25, -0.2) is 24.5 Å². The number of aromatic amines is 1. The van der Waals surface area contributed by atoms with E-state index >= 15 is 0 Å². The van der Waals surface area contributed by atoms with Crippen molar-refractivity contribution in [1.82, 2.24) is 39.0 Å². The minimum Gasteiger partial charge on any atom is -0.388 e. The molecule has 4 aromatic heterocycles. The Morgan fingerprint density at radius 2 is 1.68 bits per heavy atom. The predicted octanol–water partition coefficient (Wildman–Crippen LogP) is 0.0299. The van der Waals surface area contributed by atoms with Gasteiger partial charge in [0.1, 0.15) is 24.1 Å². The van der Waals surface area contributed by atoms with Gasteiger partial charge >= 0.3 is 15.4 Å². The normalized spacial score (nSPS) is 36.6. The molecule has 23 heteroatoms. The van der Waals surface area contributed by atoms with Crippen molar-refractivity contribution in [3.8, 4) is 0 Å². The second-order valence-electron chi connectivity index (χ2n) is 11.5. The van der Waals surface area contributed by atoms with E-state index in [4.69, 9.17) is 34.5 Å². The van der Waals surface area contributed by atoms with E-state index in [1.165, 1.54) is 28.1 Å². The monoisotopic (exact) mass is 698 g/mol. The van der Waals surface area contributed by atoms with E-state index in [-0.39, 0.29) is 34.1 Å². The van der Waals surface area contributed by atoms with Crippen LogP contribution in [0.2, 0.25) is 0 Å². The largest absolute Gasteiger partial charge is 0.472 e. The van der Waals surface area contributed by atoms with Crippen molar-refractivity contribution in [2.45, 2.75) is 56.6 Å². The number of hydrogen-bond acceptors (Lipinski definition) is 16. The number of nitrogens with two attached hydrogens (primary N) is 2. The molecule has 0 amide bonds. The average molecular weight is 699 g/mol. The second kappa shape index (κ2) is 12.0. The molecule has 0 aromatic carbocycles. The van der Waals surface area contributed by atoms with Crippen LogP contribution in [0.5, 0.6) is 0 Å². The van der Waals surface area contributed by atoms with Gasteiger partial charge in [0.05, 0.1) is 44.2 Å². The number of phosphoric ester groups is 1. The van der Waals surface area contributed by atoms with E-state index in [2.05, 4.69) is 29.9 Å². The van der Waals surface area contributed by atoms with Crippen LogP contribution in [0.15, 0.2) is 23.8 Å². The molecule has 0 spiro atoms. The van der Waals surface area contributed by atoms with Gasteiger partial charge in [-0.3, -0.25) is 32.5 Å². The number of aromatic nitrogens is 8. The van der Waals surface area contributed by atoms with Crippen LogP contribution >= 0.6 is 15.4 Å². The highest BCUT2D eigenvalue weighted by Gasteiger charge is 2.53. The summed E-state index contributed by atoms with van der Waals surface area (Å²) in [6.07, 6.45) is -3.04. The zero-order valence-electron chi connectivity index (χ0n) is 24.7. The molecule has 8 N–H and O–H groups in total. The highest BCUT2D eigenvalue weighted by molar-refractivity contribution is 7.52. The maximum atomic E-state index is 13.5. The number of ether oxygens (including phenoxy) is 2. The lowest BCUT2D eigenvalue weighted by molar-refractivity contribution is -0.0596. The van der Waals surface area contributed by atoms with E-state index in [0.717, 1.165) is 0 Å². The van der Waals surface area contributed by atoms with Crippen molar-refractivity contribution < 1.29 is 47.1 Å². The number of H-pyrrole nitrogens is 1. The summed E-state index contributed by atoms with van der Waals surface area (Å²) in [5.74, 6) is -1.88. The number of fused-ring (bicyclic) bond motifs is 5. The van der Waals surface area contributed by atoms with E-state index in [1.807, 2.05) is 6.92 Å². The lowest BCUT2D eigenvalue weighted by atomic mass is 9.93. The molecule has 10 unspecified atom stereocenters. The SMILES string of the molecule is CCCC1C2COP(=O)(O)CC3C(COP(=O)(O)OC1C(n1cnc4c(=O)[nH]c(N)nc41)O2)OC(n1cnc2c(N)ncnc21)C3O. The quantitative estimate of drug-likeness (QED) is 0.153. The van der Waals surface area contributed by atoms with E-state index in [0.29, 0.717) is 12.8 Å². The van der Waals surface area contributed by atoms with Gasteiger partial charge in [0.25, 0.3) is 5.56 Å². The third-order valence-electron chi connectivity index (χ3n) is 8.56. The van der Waals surface area contributed by atoms with E-state index in [9.17, 15) is 28.8 Å². The zero-order valence-corrected chi connectivity index (χ0v) is 26.5. The van der Waals surface area contributed by atoms with Crippen LogP contribution in [0.1, 0.15) is 32.2 Å². The average Bonchev–Trinajstić information content (AvgIpc) is 3.76. The molecule has 2 bridgehead atoms. The first-order valence-corrected chi connectivity index (χ1v) is 17.9. The fourth-order valence-electron chi connectivity index (χ4n) is 6.44. The fraction of sp³-hybridized carbons (Fsp3) is 0.583. The summed E-state index contributed by atoms with van der Waals surface area (Å²) in [6, 6.07) is 0. The minimum absolute atomic E-state index is 0.0191. The highest BCUT2D eigenvalue weighted by atomic mass is 31.2. The summed E-state index contributed by atoms with van der Waals surface area (Å²) in [5.41, 5.74) is 11.5. The Morgan fingerprint density at radius 1 is 0.979 bits per heavy atom. The zero-order chi connectivity index (χ0) is 33.2. The molecule has 3 aliphatic rings. The van der Waals surface area contributed by atoms with Crippen molar-refractivity contribution in [3.63, 3.8) is 0 Å². The molecule has 0 radical (unpaired) electrons. The van der Waals surface area contributed by atoms with Gasteiger partial charge < -0.3 is 40.4 Å². The summed E-state index contributed by atoms with van der Waals surface area (Å²) in [6.45, 7) is 0.822. The number of nitrogens with one attached hydrogen (secondary N) is 1. The lowest BCUT2D eigenvalue weighted by Gasteiger charge is -2.27. The molecule has 0 saturated carbocycles. The van der Waals surface area contributed by atoms with E-state index < -0.39 is 89.1 Å². The number of aliphatic hydroxyl groups is 1. The molecule has 0 aliphatic carbocycles. The molecule has 4 aromatic rings. The Hall–Kier alpha value is -3.36. The Labute approximate surface area is 264 Å². The number of imidazole rings is 2. The lowest BCUT2D eigenvalue weighted by Crippen LogP contribution is -2.32. The summed E-state index contributed by atoms with van der Waals surface area (Å²) in [4.78, 5) is 57.3. The molecule has 10 atom stereocenters. The Kier molecular flexibility index (Phi) is 8.19. The van der Waals surface area contributed by atoms with Gasteiger partial charge in [0.15, 0.2) is 35.1 Å². The fourth-order valence-corrected chi connectivity index (χ4v) is 8.87. The highest BCUT2D eigenvalue weighted by Crippen LogP contribution is 2.55. The van der Waals surface area contributed by atoms with E-state index in [1.54, 1.807) is 0 Å². The van der Waals surface area contributed by atoms with Crippen molar-refractivity contribution in [3.05, 3.63) is 29.3 Å². The Morgan fingerprint density at radius 3 is 2.45 bits per heavy atom. The summed E-state index contributed by atoms with van der Waals surface area (Å²) < 4.78 is 58.8. The molecule has 3 fully saturated rings. The molecular formula is C24H32N10O11P2. The van der Waals surface area contributed by atoms with Crippen LogP contribution in [-0.4, -0.2) is 97.7 Å².